The first-order valence-electron chi connectivity index (χ1n) is 9.81. The zero-order valence-corrected chi connectivity index (χ0v) is 16.6. The number of fused-ring (bicyclic) bond motifs is 4. The molecule has 1 aliphatic carbocycles. The summed E-state index contributed by atoms with van der Waals surface area (Å²) >= 11 is 6.27. The molecule has 0 saturated heterocycles. The van der Waals surface area contributed by atoms with Crippen LogP contribution >= 0.6 is 11.6 Å². The molecule has 3 aromatic carbocycles. The third-order valence-electron chi connectivity index (χ3n) is 5.59. The number of nitrogens with zero attached hydrogens (tertiary/aromatic N) is 3. The minimum absolute atomic E-state index is 0.0513. The molecule has 4 nitrogen and oxygen atoms in total. The van der Waals surface area contributed by atoms with Gasteiger partial charge in [-0.3, -0.25) is 0 Å². The van der Waals surface area contributed by atoms with Crippen molar-refractivity contribution < 1.29 is 4.74 Å². The summed E-state index contributed by atoms with van der Waals surface area (Å²) in [6, 6.07) is 20.4. The molecule has 1 aliphatic heterocycles. The largest absolute Gasteiger partial charge is 0.485 e. The highest BCUT2D eigenvalue weighted by atomic mass is 35.5. The van der Waals surface area contributed by atoms with Gasteiger partial charge in [0.05, 0.1) is 0 Å². The Kier molecular flexibility index (Phi) is 3.93. The van der Waals surface area contributed by atoms with E-state index in [1.54, 1.807) is 0 Å². The quantitative estimate of drug-likeness (QED) is 0.408. The molecule has 30 heavy (non-hydrogen) atoms. The van der Waals surface area contributed by atoms with E-state index in [2.05, 4.69) is 58.5 Å². The zero-order valence-electron chi connectivity index (χ0n) is 15.9. The van der Waals surface area contributed by atoms with Crippen molar-refractivity contribution in [2.24, 2.45) is 0 Å². The molecule has 2 atom stereocenters. The summed E-state index contributed by atoms with van der Waals surface area (Å²) in [5.41, 5.74) is 2.93. The van der Waals surface area contributed by atoms with E-state index >= 15 is 0 Å². The van der Waals surface area contributed by atoms with Crippen LogP contribution < -0.4 is 4.74 Å². The Morgan fingerprint density at radius 2 is 1.47 bits per heavy atom. The lowest BCUT2D eigenvalue weighted by Gasteiger charge is -2.13. The van der Waals surface area contributed by atoms with Crippen molar-refractivity contribution in [1.29, 1.82) is 0 Å². The molecule has 0 N–H and O–H groups in total. The van der Waals surface area contributed by atoms with Crippen LogP contribution in [0.5, 0.6) is 5.75 Å². The number of allylic oxidation sites excluding steroid dienone is 2. The highest BCUT2D eigenvalue weighted by Gasteiger charge is 2.32. The second kappa shape index (κ2) is 6.78. The van der Waals surface area contributed by atoms with Gasteiger partial charge < -0.3 is 4.74 Å². The van der Waals surface area contributed by atoms with Crippen molar-refractivity contribution in [1.82, 2.24) is 15.0 Å². The van der Waals surface area contributed by atoms with Crippen LogP contribution in [0, 0.1) is 0 Å². The SMILES string of the molecule is Clc1nc(-c2ccc3c(c2)OC2C=CC=CC32)nc(-c2ccc3ccccc3c2)n1. The number of halogens is 1. The molecule has 0 bridgehead atoms. The van der Waals surface area contributed by atoms with Gasteiger partial charge in [0.25, 0.3) is 0 Å². The zero-order chi connectivity index (χ0) is 20.1. The molecule has 0 spiro atoms. The molecule has 4 aromatic rings. The number of ether oxygens (including phenoxy) is 1. The Morgan fingerprint density at radius 1 is 0.733 bits per heavy atom. The van der Waals surface area contributed by atoms with Crippen LogP contribution in [0.25, 0.3) is 33.5 Å². The van der Waals surface area contributed by atoms with E-state index in [-0.39, 0.29) is 17.3 Å². The van der Waals surface area contributed by atoms with Gasteiger partial charge in [-0.25, -0.2) is 4.98 Å². The van der Waals surface area contributed by atoms with Gasteiger partial charge in [0.15, 0.2) is 11.6 Å². The topological polar surface area (TPSA) is 47.9 Å². The van der Waals surface area contributed by atoms with Crippen molar-refractivity contribution in [2.45, 2.75) is 12.0 Å². The lowest BCUT2D eigenvalue weighted by atomic mass is 9.91. The maximum atomic E-state index is 6.27. The summed E-state index contributed by atoms with van der Waals surface area (Å²) in [6.45, 7) is 0. The standard InChI is InChI=1S/C25H16ClN3O/c26-25-28-23(17-10-9-15-5-1-2-6-16(15)13-17)27-24(29-25)18-11-12-20-19-7-3-4-8-21(19)30-22(20)14-18/h1-14,19,21H. The maximum absolute atomic E-state index is 6.27. The minimum Gasteiger partial charge on any atom is -0.485 e. The molecule has 0 amide bonds. The smallest absolute Gasteiger partial charge is 0.226 e. The summed E-state index contributed by atoms with van der Waals surface area (Å²) in [5.74, 6) is 2.21. The minimum atomic E-state index is 0.0513. The van der Waals surface area contributed by atoms with Crippen LogP contribution in [0.15, 0.2) is 85.0 Å². The molecule has 144 valence electrons. The molecular weight excluding hydrogens is 394 g/mol. The lowest BCUT2D eigenvalue weighted by molar-refractivity contribution is 0.269. The van der Waals surface area contributed by atoms with Crippen LogP contribution in [0.3, 0.4) is 0 Å². The van der Waals surface area contributed by atoms with Crippen molar-refractivity contribution in [3.05, 3.63) is 95.8 Å². The van der Waals surface area contributed by atoms with Crippen molar-refractivity contribution in [3.63, 3.8) is 0 Å². The van der Waals surface area contributed by atoms with E-state index in [0.717, 1.165) is 22.3 Å². The number of benzene rings is 3. The van der Waals surface area contributed by atoms with Gasteiger partial charge in [-0.15, -0.1) is 0 Å². The fourth-order valence-electron chi connectivity index (χ4n) is 4.11. The van der Waals surface area contributed by atoms with Gasteiger partial charge in [-0.2, -0.15) is 9.97 Å². The Labute approximate surface area is 178 Å². The molecule has 2 heterocycles. The van der Waals surface area contributed by atoms with E-state index in [0.29, 0.717) is 11.6 Å². The average Bonchev–Trinajstić information content (AvgIpc) is 3.16. The van der Waals surface area contributed by atoms with Gasteiger partial charge in [0.1, 0.15) is 11.9 Å². The first-order valence-corrected chi connectivity index (χ1v) is 10.2. The van der Waals surface area contributed by atoms with Gasteiger partial charge in [0.2, 0.25) is 5.28 Å². The molecule has 0 fully saturated rings. The Balaban J connectivity index is 1.42. The van der Waals surface area contributed by atoms with E-state index < -0.39 is 0 Å². The number of aromatic nitrogens is 3. The van der Waals surface area contributed by atoms with E-state index in [1.165, 1.54) is 10.9 Å². The monoisotopic (exact) mass is 409 g/mol. The lowest BCUT2D eigenvalue weighted by Crippen LogP contribution is -2.15. The maximum Gasteiger partial charge on any atom is 0.226 e. The Hall–Kier alpha value is -3.50. The fraction of sp³-hybridized carbons (Fsp3) is 0.0800. The average molecular weight is 410 g/mol. The predicted octanol–water partition coefficient (Wildman–Crippen LogP) is 5.98. The second-order valence-electron chi connectivity index (χ2n) is 7.44. The molecule has 2 aliphatic rings. The van der Waals surface area contributed by atoms with Gasteiger partial charge >= 0.3 is 0 Å². The van der Waals surface area contributed by atoms with Crippen molar-refractivity contribution in [2.75, 3.05) is 0 Å². The van der Waals surface area contributed by atoms with Gasteiger partial charge in [-0.1, -0.05) is 66.8 Å². The molecule has 5 heteroatoms. The van der Waals surface area contributed by atoms with E-state index in [1.807, 2.05) is 36.4 Å². The molecule has 0 saturated carbocycles. The first-order chi connectivity index (χ1) is 14.7. The number of rotatable bonds is 2. The Bertz CT molecular complexity index is 1360. The highest BCUT2D eigenvalue weighted by molar-refractivity contribution is 6.28. The van der Waals surface area contributed by atoms with Crippen LogP contribution in [-0.4, -0.2) is 21.1 Å². The molecule has 1 aromatic heterocycles. The van der Waals surface area contributed by atoms with E-state index in [4.69, 9.17) is 21.3 Å². The Morgan fingerprint density at radius 3 is 2.33 bits per heavy atom. The third-order valence-corrected chi connectivity index (χ3v) is 5.76. The molecular formula is C25H16ClN3O. The van der Waals surface area contributed by atoms with Gasteiger partial charge in [0, 0.05) is 22.6 Å². The van der Waals surface area contributed by atoms with Crippen molar-refractivity contribution >= 4 is 22.4 Å². The fourth-order valence-corrected chi connectivity index (χ4v) is 4.27. The highest BCUT2D eigenvalue weighted by Crippen LogP contribution is 2.42. The summed E-state index contributed by atoms with van der Waals surface area (Å²) in [7, 11) is 0. The van der Waals surface area contributed by atoms with Crippen molar-refractivity contribution in [3.8, 4) is 28.5 Å². The second-order valence-corrected chi connectivity index (χ2v) is 7.78. The number of hydrogen-bond donors (Lipinski definition) is 0. The third kappa shape index (κ3) is 2.88. The normalized spacial score (nSPS) is 18.8. The molecule has 6 rings (SSSR count). The van der Waals surface area contributed by atoms with Crippen LogP contribution in [0.4, 0.5) is 0 Å². The summed E-state index contributed by atoms with van der Waals surface area (Å²) in [6.07, 6.45) is 8.40. The summed E-state index contributed by atoms with van der Waals surface area (Å²) in [5, 5.41) is 2.47. The summed E-state index contributed by atoms with van der Waals surface area (Å²) < 4.78 is 6.12. The van der Waals surface area contributed by atoms with Crippen LogP contribution in [0.2, 0.25) is 5.28 Å². The molecule has 2 unspecified atom stereocenters. The first kappa shape index (κ1) is 17.4. The predicted molar refractivity (Wildman–Crippen MR) is 119 cm³/mol. The van der Waals surface area contributed by atoms with Crippen LogP contribution in [0.1, 0.15) is 11.5 Å². The summed E-state index contributed by atoms with van der Waals surface area (Å²) in [4.78, 5) is 13.4. The van der Waals surface area contributed by atoms with E-state index in [9.17, 15) is 0 Å². The molecule has 0 radical (unpaired) electrons. The van der Waals surface area contributed by atoms with Crippen LogP contribution in [-0.2, 0) is 0 Å². The van der Waals surface area contributed by atoms with Gasteiger partial charge in [-0.05, 0) is 40.6 Å². The number of hydrogen-bond acceptors (Lipinski definition) is 4.